The third-order valence-corrected chi connectivity index (χ3v) is 5.73. The van der Waals surface area contributed by atoms with Gasteiger partial charge in [0, 0.05) is 17.4 Å². The molecule has 0 aromatic carbocycles. The molecule has 2 aliphatic heterocycles. The molecule has 0 unspecified atom stereocenters. The first-order valence-corrected chi connectivity index (χ1v) is 10.5. The van der Waals surface area contributed by atoms with Crippen molar-refractivity contribution < 1.29 is 53.7 Å². The standard InChI is InChI=1S/C22H32O11/c1-5-11(3)19(27)30-8-7-13-12(6-2)21(31-10-14(13)20(28)29-4)33-22-18(26)17(25)16(24)15(9-23)32-22/h5-6,10,12-13,15-18,21-26H,2,7-9H2,1,3-4H3/b11-5-/t12-,13+,15-,16-,17+,18-,21+,22+/m1/s1. The van der Waals surface area contributed by atoms with Gasteiger partial charge < -0.3 is 44.1 Å². The first kappa shape index (κ1) is 27.0. The van der Waals surface area contributed by atoms with E-state index in [-0.39, 0.29) is 18.6 Å². The fourth-order valence-corrected chi connectivity index (χ4v) is 3.60. The normalized spacial score (nSPS) is 34.6. The molecule has 33 heavy (non-hydrogen) atoms. The first-order valence-electron chi connectivity index (χ1n) is 10.5. The minimum atomic E-state index is -1.63. The van der Waals surface area contributed by atoms with Crippen molar-refractivity contribution in [2.75, 3.05) is 20.3 Å². The summed E-state index contributed by atoms with van der Waals surface area (Å²) in [6.45, 7) is 6.47. The lowest BCUT2D eigenvalue weighted by Crippen LogP contribution is -2.60. The van der Waals surface area contributed by atoms with E-state index in [1.54, 1.807) is 19.9 Å². The monoisotopic (exact) mass is 472 g/mol. The zero-order valence-corrected chi connectivity index (χ0v) is 18.8. The van der Waals surface area contributed by atoms with Crippen molar-refractivity contribution in [1.29, 1.82) is 0 Å². The summed E-state index contributed by atoms with van der Waals surface area (Å²) in [5.74, 6) is -2.39. The number of carbonyl (C=O) groups excluding carboxylic acids is 2. The number of rotatable bonds is 9. The van der Waals surface area contributed by atoms with Gasteiger partial charge in [-0.05, 0) is 20.3 Å². The van der Waals surface area contributed by atoms with E-state index in [1.165, 1.54) is 13.2 Å². The lowest BCUT2D eigenvalue weighted by Gasteiger charge is -2.43. The van der Waals surface area contributed by atoms with Gasteiger partial charge in [0.25, 0.3) is 0 Å². The molecule has 0 bridgehead atoms. The van der Waals surface area contributed by atoms with E-state index in [0.717, 1.165) is 6.26 Å². The molecule has 186 valence electrons. The molecule has 11 heteroatoms. The van der Waals surface area contributed by atoms with Gasteiger partial charge in [0.1, 0.15) is 24.4 Å². The number of aliphatic hydroxyl groups excluding tert-OH is 4. The SMILES string of the molecule is C=C[C@H]1[C@H](O[C@@H]2O[C@H](CO)[C@@H](O)[C@H](O)[C@H]2O)OC=C(C(=O)OC)[C@H]1CCOC(=O)/C(C)=C\C. The lowest BCUT2D eigenvalue weighted by atomic mass is 9.82. The third-order valence-electron chi connectivity index (χ3n) is 5.73. The van der Waals surface area contributed by atoms with E-state index in [0.29, 0.717) is 5.57 Å². The van der Waals surface area contributed by atoms with E-state index in [1.807, 2.05) is 0 Å². The molecule has 0 radical (unpaired) electrons. The average Bonchev–Trinajstić information content (AvgIpc) is 2.83. The summed E-state index contributed by atoms with van der Waals surface area (Å²) in [5.41, 5.74) is 0.615. The Hall–Kier alpha value is -2.28. The molecule has 0 aromatic rings. The van der Waals surface area contributed by atoms with Crippen molar-refractivity contribution in [1.82, 2.24) is 0 Å². The zero-order chi connectivity index (χ0) is 24.7. The lowest BCUT2D eigenvalue weighted by molar-refractivity contribution is -0.339. The molecule has 2 heterocycles. The number of ether oxygens (including phenoxy) is 5. The highest BCUT2D eigenvalue weighted by Crippen LogP contribution is 2.37. The summed E-state index contributed by atoms with van der Waals surface area (Å²) in [5, 5.41) is 39.6. The second-order valence-corrected chi connectivity index (χ2v) is 7.72. The summed E-state index contributed by atoms with van der Waals surface area (Å²) in [4.78, 5) is 24.2. The Bertz CT molecular complexity index is 759. The minimum Gasteiger partial charge on any atom is -0.471 e. The van der Waals surface area contributed by atoms with E-state index in [4.69, 9.17) is 23.7 Å². The maximum Gasteiger partial charge on any atom is 0.337 e. The molecule has 11 nitrogen and oxygen atoms in total. The van der Waals surface area contributed by atoms with Gasteiger partial charge in [-0.2, -0.15) is 0 Å². The average molecular weight is 472 g/mol. The molecule has 0 aromatic heterocycles. The molecule has 4 N–H and O–H groups in total. The third kappa shape index (κ3) is 6.19. The Kier molecular flexibility index (Phi) is 10.0. The Morgan fingerprint density at radius 1 is 1.18 bits per heavy atom. The quantitative estimate of drug-likeness (QED) is 0.195. The summed E-state index contributed by atoms with van der Waals surface area (Å²) in [6, 6.07) is 0. The number of aliphatic hydroxyl groups is 4. The Morgan fingerprint density at radius 3 is 2.45 bits per heavy atom. The van der Waals surface area contributed by atoms with Crippen LogP contribution >= 0.6 is 0 Å². The van der Waals surface area contributed by atoms with E-state index >= 15 is 0 Å². The molecule has 8 atom stereocenters. The maximum atomic E-state index is 12.3. The topological polar surface area (TPSA) is 161 Å². The molecular weight excluding hydrogens is 440 g/mol. The highest BCUT2D eigenvalue weighted by atomic mass is 16.8. The number of hydrogen-bond donors (Lipinski definition) is 4. The summed E-state index contributed by atoms with van der Waals surface area (Å²) in [7, 11) is 1.22. The summed E-state index contributed by atoms with van der Waals surface area (Å²) < 4.78 is 26.7. The molecule has 0 amide bonds. The Balaban J connectivity index is 2.19. The largest absolute Gasteiger partial charge is 0.471 e. The summed E-state index contributed by atoms with van der Waals surface area (Å²) in [6.07, 6.45) is -4.06. The van der Waals surface area contributed by atoms with Gasteiger partial charge in [-0.1, -0.05) is 12.2 Å². The molecule has 2 aliphatic rings. The number of esters is 2. The van der Waals surface area contributed by atoms with Crippen LogP contribution in [0.3, 0.4) is 0 Å². The molecule has 0 spiro atoms. The van der Waals surface area contributed by atoms with Gasteiger partial charge >= 0.3 is 11.9 Å². The van der Waals surface area contributed by atoms with Crippen LogP contribution in [0.15, 0.2) is 36.1 Å². The predicted octanol–water partition coefficient (Wildman–Crippen LogP) is -0.466. The zero-order valence-electron chi connectivity index (χ0n) is 18.8. The van der Waals surface area contributed by atoms with Gasteiger partial charge in [0.05, 0.1) is 32.2 Å². The smallest absolute Gasteiger partial charge is 0.337 e. The second-order valence-electron chi connectivity index (χ2n) is 7.72. The highest BCUT2D eigenvalue weighted by molar-refractivity contribution is 5.89. The number of hydrogen-bond acceptors (Lipinski definition) is 11. The van der Waals surface area contributed by atoms with Gasteiger partial charge in [-0.25, -0.2) is 9.59 Å². The number of methoxy groups -OCH3 is 1. The van der Waals surface area contributed by atoms with Gasteiger partial charge in [-0.15, -0.1) is 6.58 Å². The second kappa shape index (κ2) is 12.3. The molecule has 2 rings (SSSR count). The van der Waals surface area contributed by atoms with Crippen LogP contribution in [0.5, 0.6) is 0 Å². The summed E-state index contributed by atoms with van der Waals surface area (Å²) >= 11 is 0. The van der Waals surface area contributed by atoms with Gasteiger partial charge in [0.15, 0.2) is 6.29 Å². The maximum absolute atomic E-state index is 12.3. The minimum absolute atomic E-state index is 0.0138. The highest BCUT2D eigenvalue weighted by Gasteiger charge is 2.47. The van der Waals surface area contributed by atoms with Crippen LogP contribution in [0.4, 0.5) is 0 Å². The fraction of sp³-hybridized carbons (Fsp3) is 0.636. The van der Waals surface area contributed by atoms with Crippen LogP contribution in [0.1, 0.15) is 20.3 Å². The molecule has 0 saturated carbocycles. The fourth-order valence-electron chi connectivity index (χ4n) is 3.60. The van der Waals surface area contributed by atoms with Crippen LogP contribution < -0.4 is 0 Å². The van der Waals surface area contributed by atoms with E-state index < -0.39 is 67.4 Å². The van der Waals surface area contributed by atoms with Crippen molar-refractivity contribution in [3.8, 4) is 0 Å². The number of carbonyl (C=O) groups is 2. The first-order chi connectivity index (χ1) is 15.7. The van der Waals surface area contributed by atoms with Crippen LogP contribution in [-0.4, -0.2) is 89.7 Å². The molecule has 1 saturated heterocycles. The molecule has 1 fully saturated rings. The Morgan fingerprint density at radius 2 is 1.88 bits per heavy atom. The van der Waals surface area contributed by atoms with Crippen molar-refractivity contribution >= 4 is 11.9 Å². The van der Waals surface area contributed by atoms with Gasteiger partial charge in [0.2, 0.25) is 6.29 Å². The van der Waals surface area contributed by atoms with Crippen LogP contribution in [0.25, 0.3) is 0 Å². The molecule has 0 aliphatic carbocycles. The van der Waals surface area contributed by atoms with Gasteiger partial charge in [-0.3, -0.25) is 0 Å². The van der Waals surface area contributed by atoms with Crippen molar-refractivity contribution in [2.24, 2.45) is 11.8 Å². The van der Waals surface area contributed by atoms with Crippen LogP contribution in [0.2, 0.25) is 0 Å². The van der Waals surface area contributed by atoms with Crippen LogP contribution in [0, 0.1) is 11.8 Å². The predicted molar refractivity (Wildman–Crippen MR) is 112 cm³/mol. The van der Waals surface area contributed by atoms with E-state index in [2.05, 4.69) is 6.58 Å². The van der Waals surface area contributed by atoms with Crippen LogP contribution in [-0.2, 0) is 33.3 Å². The van der Waals surface area contributed by atoms with Crippen molar-refractivity contribution in [3.05, 3.63) is 36.1 Å². The van der Waals surface area contributed by atoms with E-state index in [9.17, 15) is 30.0 Å². The Labute approximate surface area is 191 Å². The van der Waals surface area contributed by atoms with Crippen molar-refractivity contribution in [3.63, 3.8) is 0 Å². The van der Waals surface area contributed by atoms with Crippen molar-refractivity contribution in [2.45, 2.75) is 57.3 Å². The molecular formula is C22H32O11. The number of allylic oxidation sites excluding steroid dienone is 1.